The summed E-state index contributed by atoms with van der Waals surface area (Å²) in [5, 5.41) is 19.4. The summed E-state index contributed by atoms with van der Waals surface area (Å²) in [7, 11) is 0. The molecule has 2 aromatic carbocycles. The molecule has 2 rings (SSSR count). The number of carbonyl (C=O) groups is 2. The number of hydrogen-bond donors (Lipinski definition) is 2. The number of Topliss-reactive ketones (excluding diaryl/α,β-unsaturated/α-hetero) is 2. The molecule has 0 radical (unpaired) electrons. The smallest absolute Gasteiger partial charge is 0.161 e. The van der Waals surface area contributed by atoms with Gasteiger partial charge in [-0.15, -0.1) is 0 Å². The zero-order valence-electron chi connectivity index (χ0n) is 16.9. The summed E-state index contributed by atoms with van der Waals surface area (Å²) in [6.07, 6.45) is 1.41. The predicted molar refractivity (Wildman–Crippen MR) is 110 cm³/mol. The molecule has 156 valence electrons. The van der Waals surface area contributed by atoms with Gasteiger partial charge in [-0.05, 0) is 62.1 Å². The largest absolute Gasteiger partial charge is 0.504 e. The maximum atomic E-state index is 12.1. The summed E-state index contributed by atoms with van der Waals surface area (Å²) in [6.45, 7) is 4.54. The van der Waals surface area contributed by atoms with Crippen LogP contribution in [0.25, 0.3) is 0 Å². The average molecular weight is 400 g/mol. The molecular formula is C23H28O6. The van der Waals surface area contributed by atoms with Gasteiger partial charge < -0.3 is 19.7 Å². The molecule has 0 heterocycles. The van der Waals surface area contributed by atoms with E-state index in [2.05, 4.69) is 0 Å². The number of carbonyl (C=O) groups excluding carboxylic acids is 2. The second kappa shape index (κ2) is 11.1. The van der Waals surface area contributed by atoms with Crippen molar-refractivity contribution in [2.75, 3.05) is 13.2 Å². The quantitative estimate of drug-likeness (QED) is 0.523. The molecule has 2 N–H and O–H groups in total. The molecule has 0 amide bonds. The first-order chi connectivity index (χ1) is 13.9. The predicted octanol–water partition coefficient (Wildman–Crippen LogP) is 3.99. The van der Waals surface area contributed by atoms with Gasteiger partial charge in [0, 0.05) is 12.8 Å². The number of phenolic OH excluding ortho intramolecular Hbond substituents is 2. The molecule has 6 nitrogen and oxygen atoms in total. The third kappa shape index (κ3) is 7.14. The number of phenols is 2. The van der Waals surface area contributed by atoms with Crippen LogP contribution in [-0.4, -0.2) is 35.0 Å². The maximum Gasteiger partial charge on any atom is 0.161 e. The van der Waals surface area contributed by atoms with E-state index in [0.717, 1.165) is 11.1 Å². The minimum absolute atomic E-state index is 0.0684. The highest BCUT2D eigenvalue weighted by atomic mass is 16.5. The van der Waals surface area contributed by atoms with Crippen molar-refractivity contribution in [1.29, 1.82) is 0 Å². The van der Waals surface area contributed by atoms with Crippen molar-refractivity contribution in [2.24, 2.45) is 0 Å². The molecule has 0 fully saturated rings. The first kappa shape index (κ1) is 22.3. The molecule has 0 aliphatic carbocycles. The fourth-order valence-corrected chi connectivity index (χ4v) is 2.93. The summed E-state index contributed by atoms with van der Waals surface area (Å²) >= 11 is 0. The lowest BCUT2D eigenvalue weighted by molar-refractivity contribution is -0.126. The summed E-state index contributed by atoms with van der Waals surface area (Å²) in [5.41, 5.74) is 1.75. The third-order valence-electron chi connectivity index (χ3n) is 4.43. The highest BCUT2D eigenvalue weighted by Gasteiger charge is 2.12. The molecule has 2 aromatic rings. The fraction of sp³-hybridized carbons (Fsp3) is 0.391. The Morgan fingerprint density at radius 2 is 1.17 bits per heavy atom. The first-order valence-corrected chi connectivity index (χ1v) is 9.85. The van der Waals surface area contributed by atoms with Crippen molar-refractivity contribution in [3.63, 3.8) is 0 Å². The molecule has 0 aliphatic rings. The Kier molecular flexibility index (Phi) is 8.52. The maximum absolute atomic E-state index is 12.1. The fourth-order valence-electron chi connectivity index (χ4n) is 2.93. The molecule has 29 heavy (non-hydrogen) atoms. The first-order valence-electron chi connectivity index (χ1n) is 9.85. The van der Waals surface area contributed by atoms with E-state index in [4.69, 9.17) is 9.47 Å². The van der Waals surface area contributed by atoms with E-state index in [0.29, 0.717) is 37.6 Å². The summed E-state index contributed by atoms with van der Waals surface area (Å²) in [6, 6.07) is 10.0. The van der Waals surface area contributed by atoms with Crippen LogP contribution < -0.4 is 9.47 Å². The average Bonchev–Trinajstić information content (AvgIpc) is 2.69. The summed E-state index contributed by atoms with van der Waals surface area (Å²) in [5.74, 6) is 0.712. The molecule has 0 atom stereocenters. The lowest BCUT2D eigenvalue weighted by atomic mass is 10.0. The van der Waals surface area contributed by atoms with Crippen LogP contribution in [0.1, 0.15) is 44.2 Å². The van der Waals surface area contributed by atoms with E-state index in [1.165, 1.54) is 0 Å². The molecular weight excluding hydrogens is 372 g/mol. The molecule has 0 saturated carbocycles. The van der Waals surface area contributed by atoms with Gasteiger partial charge in [-0.1, -0.05) is 12.1 Å². The van der Waals surface area contributed by atoms with E-state index in [1.54, 1.807) is 36.4 Å². The second-order valence-corrected chi connectivity index (χ2v) is 6.72. The molecule has 0 aliphatic heterocycles. The number of hydrogen-bond acceptors (Lipinski definition) is 6. The van der Waals surface area contributed by atoms with Crippen LogP contribution in [0.2, 0.25) is 0 Å². The van der Waals surface area contributed by atoms with Crippen LogP contribution in [0.5, 0.6) is 23.0 Å². The third-order valence-corrected chi connectivity index (χ3v) is 4.43. The summed E-state index contributed by atoms with van der Waals surface area (Å²) in [4.78, 5) is 24.3. The lowest BCUT2D eigenvalue weighted by Gasteiger charge is -2.09. The Balaban J connectivity index is 1.80. The van der Waals surface area contributed by atoms with Crippen LogP contribution in [0.4, 0.5) is 0 Å². The second-order valence-electron chi connectivity index (χ2n) is 6.72. The van der Waals surface area contributed by atoms with Gasteiger partial charge in [-0.25, -0.2) is 0 Å². The molecule has 0 saturated heterocycles. The van der Waals surface area contributed by atoms with Crippen LogP contribution in [0, 0.1) is 0 Å². The minimum Gasteiger partial charge on any atom is -0.504 e. The van der Waals surface area contributed by atoms with E-state index in [1.807, 2.05) is 13.8 Å². The van der Waals surface area contributed by atoms with Gasteiger partial charge in [0.25, 0.3) is 0 Å². The SMILES string of the molecule is CCOc1cc(CCC(=O)CC(=O)CCc2ccc(O)c(OCC)c2)ccc1O. The van der Waals surface area contributed by atoms with Gasteiger partial charge in [0.15, 0.2) is 23.0 Å². The van der Waals surface area contributed by atoms with E-state index in [-0.39, 0.29) is 42.3 Å². The number of rotatable bonds is 12. The number of aromatic hydroxyl groups is 2. The summed E-state index contributed by atoms with van der Waals surface area (Å²) < 4.78 is 10.7. The minimum atomic E-state index is -0.109. The van der Waals surface area contributed by atoms with Gasteiger partial charge in [0.1, 0.15) is 11.6 Å². The standard InChI is InChI=1S/C23H28O6/c1-3-28-22-13-16(7-11-20(22)26)5-9-18(24)15-19(25)10-6-17-8-12-21(27)23(14-17)29-4-2/h7-8,11-14,26-27H,3-6,9-10,15H2,1-2H3. The van der Waals surface area contributed by atoms with E-state index in [9.17, 15) is 19.8 Å². The Morgan fingerprint density at radius 1 is 0.759 bits per heavy atom. The van der Waals surface area contributed by atoms with Crippen LogP contribution in [0.15, 0.2) is 36.4 Å². The van der Waals surface area contributed by atoms with Crippen LogP contribution >= 0.6 is 0 Å². The normalized spacial score (nSPS) is 10.6. The Labute approximate surface area is 171 Å². The Morgan fingerprint density at radius 3 is 1.55 bits per heavy atom. The van der Waals surface area contributed by atoms with Crippen LogP contribution in [0.3, 0.4) is 0 Å². The van der Waals surface area contributed by atoms with Gasteiger partial charge in [-0.2, -0.15) is 0 Å². The molecule has 6 heteroatoms. The monoisotopic (exact) mass is 400 g/mol. The molecule has 0 spiro atoms. The Bertz CT molecular complexity index is 774. The number of aryl methyl sites for hydroxylation is 2. The number of ether oxygens (including phenoxy) is 2. The van der Waals surface area contributed by atoms with Crippen molar-refractivity contribution in [1.82, 2.24) is 0 Å². The lowest BCUT2D eigenvalue weighted by Crippen LogP contribution is -2.09. The van der Waals surface area contributed by atoms with Gasteiger partial charge in [0.2, 0.25) is 0 Å². The van der Waals surface area contributed by atoms with Crippen molar-refractivity contribution >= 4 is 11.6 Å². The van der Waals surface area contributed by atoms with Gasteiger partial charge in [0.05, 0.1) is 19.6 Å². The van der Waals surface area contributed by atoms with E-state index >= 15 is 0 Å². The van der Waals surface area contributed by atoms with Crippen molar-refractivity contribution in [3.05, 3.63) is 47.5 Å². The highest BCUT2D eigenvalue weighted by Crippen LogP contribution is 2.28. The van der Waals surface area contributed by atoms with Crippen LogP contribution in [-0.2, 0) is 22.4 Å². The van der Waals surface area contributed by atoms with Crippen molar-refractivity contribution in [3.8, 4) is 23.0 Å². The molecule has 0 aromatic heterocycles. The van der Waals surface area contributed by atoms with Crippen molar-refractivity contribution in [2.45, 2.75) is 46.0 Å². The van der Waals surface area contributed by atoms with Gasteiger partial charge >= 0.3 is 0 Å². The van der Waals surface area contributed by atoms with Gasteiger partial charge in [-0.3, -0.25) is 9.59 Å². The Hall–Kier alpha value is -3.02. The zero-order chi connectivity index (χ0) is 21.2. The van der Waals surface area contributed by atoms with E-state index < -0.39 is 0 Å². The molecule has 0 bridgehead atoms. The topological polar surface area (TPSA) is 93.1 Å². The number of ketones is 2. The molecule has 0 unspecified atom stereocenters. The zero-order valence-corrected chi connectivity index (χ0v) is 16.9. The van der Waals surface area contributed by atoms with Crippen molar-refractivity contribution < 1.29 is 29.3 Å². The highest BCUT2D eigenvalue weighted by molar-refractivity contribution is 5.99. The number of benzene rings is 2.